The number of nitrogens with zero attached hydrogens (tertiary/aromatic N) is 1. The summed E-state index contributed by atoms with van der Waals surface area (Å²) in [5.41, 5.74) is 0.819. The zero-order valence-corrected chi connectivity index (χ0v) is 23.6. The lowest BCUT2D eigenvalue weighted by Gasteiger charge is -2.50. The van der Waals surface area contributed by atoms with Gasteiger partial charge in [-0.15, -0.1) is 0 Å². The molecule has 0 radical (unpaired) electrons. The highest BCUT2D eigenvalue weighted by molar-refractivity contribution is 6.30. The van der Waals surface area contributed by atoms with Crippen molar-refractivity contribution in [2.24, 2.45) is 28.7 Å². The van der Waals surface area contributed by atoms with Crippen LogP contribution in [0, 0.1) is 29.5 Å². The quantitative estimate of drug-likeness (QED) is 0.347. The summed E-state index contributed by atoms with van der Waals surface area (Å²) in [6.07, 6.45) is 7.81. The van der Waals surface area contributed by atoms with Gasteiger partial charge in [0.05, 0.1) is 11.6 Å². The topological polar surface area (TPSA) is 91.8 Å². The molecule has 1 heterocycles. The van der Waals surface area contributed by atoms with Crippen molar-refractivity contribution >= 4 is 29.1 Å². The number of carbonyl (C=O) groups excluding carboxylic acids is 2. The van der Waals surface area contributed by atoms with E-state index in [1.54, 1.807) is 0 Å². The van der Waals surface area contributed by atoms with Crippen LogP contribution in [0.4, 0.5) is 4.39 Å². The van der Waals surface area contributed by atoms with Gasteiger partial charge in [-0.25, -0.2) is 4.39 Å². The Kier molecular flexibility index (Phi) is 9.69. The highest BCUT2D eigenvalue weighted by Crippen LogP contribution is 2.49. The second kappa shape index (κ2) is 12.8. The van der Waals surface area contributed by atoms with Gasteiger partial charge in [0.15, 0.2) is 6.61 Å². The molecule has 9 heteroatoms. The van der Waals surface area contributed by atoms with Crippen LogP contribution in [0.5, 0.6) is 5.75 Å². The van der Waals surface area contributed by atoms with Gasteiger partial charge >= 0.3 is 0 Å². The number of ether oxygens (including phenoxy) is 1. The summed E-state index contributed by atoms with van der Waals surface area (Å²) in [5, 5.41) is 9.88. The molecule has 4 atom stereocenters. The van der Waals surface area contributed by atoms with Gasteiger partial charge in [0.25, 0.3) is 5.91 Å². The van der Waals surface area contributed by atoms with Crippen LogP contribution < -0.4 is 20.7 Å². The molecule has 1 aliphatic heterocycles. The summed E-state index contributed by atoms with van der Waals surface area (Å²) < 4.78 is 19.0. The minimum atomic E-state index is -0.590. The highest BCUT2D eigenvalue weighted by atomic mass is 35.5. The van der Waals surface area contributed by atoms with E-state index in [1.807, 2.05) is 0 Å². The minimum Gasteiger partial charge on any atom is -0.484 e. The van der Waals surface area contributed by atoms with Crippen molar-refractivity contribution in [3.05, 3.63) is 29.0 Å². The van der Waals surface area contributed by atoms with E-state index < -0.39 is 5.82 Å². The number of aliphatic imine (C=N–C) groups is 1. The standard InChI is InChI=1S/C29H42ClFN4O3/c1-4-6-7-18(3)29(5-2)33-11-10-21(35-29)16-32-28(37)23-15-26(20-12-19(23)13-20)34-27(36)17-38-22-8-9-24(30)25(31)14-22/h8-9,14,18-20,23,26,33H,4-7,10-13,15-17H2,1-3H3,(H,32,37)(H,34,36). The fourth-order valence-electron chi connectivity index (χ4n) is 6.32. The van der Waals surface area contributed by atoms with Crippen LogP contribution in [0.3, 0.4) is 0 Å². The monoisotopic (exact) mass is 548 g/mol. The van der Waals surface area contributed by atoms with E-state index in [1.165, 1.54) is 25.0 Å². The molecule has 0 saturated heterocycles. The number of benzene rings is 1. The number of hydrogen-bond acceptors (Lipinski definition) is 5. The predicted octanol–water partition coefficient (Wildman–Crippen LogP) is 4.87. The summed E-state index contributed by atoms with van der Waals surface area (Å²) in [6.45, 7) is 7.83. The number of fused-ring (bicyclic) bond motifs is 2. The van der Waals surface area contributed by atoms with E-state index in [4.69, 9.17) is 21.3 Å². The molecular formula is C29H42ClFN4O3. The lowest BCUT2D eigenvalue weighted by Crippen LogP contribution is -2.57. The number of rotatable bonds is 12. The molecule has 5 rings (SSSR count). The zero-order chi connectivity index (χ0) is 27.3. The summed E-state index contributed by atoms with van der Waals surface area (Å²) >= 11 is 5.69. The van der Waals surface area contributed by atoms with Crippen LogP contribution >= 0.6 is 11.6 Å². The van der Waals surface area contributed by atoms with Crippen LogP contribution in [0.2, 0.25) is 5.02 Å². The Morgan fingerprint density at radius 3 is 2.76 bits per heavy atom. The molecule has 4 unspecified atom stereocenters. The fourth-order valence-corrected chi connectivity index (χ4v) is 6.44. The van der Waals surface area contributed by atoms with Gasteiger partial charge in [-0.05, 0) is 68.4 Å². The minimum absolute atomic E-state index is 0.00584. The SMILES string of the molecule is CCCCC(C)C1(CC)N=C(CNC(=O)C2CC(NC(=O)COc3ccc(Cl)c(F)c3)C3CC2C3)CCN1. The molecule has 1 aromatic rings. The van der Waals surface area contributed by atoms with Gasteiger partial charge in [0, 0.05) is 30.3 Å². The lowest BCUT2D eigenvalue weighted by atomic mass is 9.57. The summed E-state index contributed by atoms with van der Waals surface area (Å²) in [5.74, 6) is 0.542. The number of hydrogen-bond donors (Lipinski definition) is 3. The predicted molar refractivity (Wildman–Crippen MR) is 148 cm³/mol. The van der Waals surface area contributed by atoms with E-state index >= 15 is 0 Å². The van der Waals surface area contributed by atoms with Gasteiger partial charge in [0.1, 0.15) is 17.2 Å². The molecular weight excluding hydrogens is 507 g/mol. The van der Waals surface area contributed by atoms with Crippen LogP contribution in [-0.4, -0.2) is 48.9 Å². The fraction of sp³-hybridized carbons (Fsp3) is 0.690. The molecule has 4 aliphatic rings. The van der Waals surface area contributed by atoms with E-state index in [0.717, 1.165) is 50.4 Å². The molecule has 3 N–H and O–H groups in total. The van der Waals surface area contributed by atoms with E-state index in [9.17, 15) is 14.0 Å². The Hall–Kier alpha value is -2.19. The number of halogens is 2. The molecule has 2 amide bonds. The van der Waals surface area contributed by atoms with Gasteiger partial charge in [-0.1, -0.05) is 45.2 Å². The maximum atomic E-state index is 13.6. The Morgan fingerprint density at radius 2 is 2.05 bits per heavy atom. The lowest BCUT2D eigenvalue weighted by molar-refractivity contribution is -0.135. The molecule has 1 aromatic carbocycles. The third kappa shape index (κ3) is 6.68. The van der Waals surface area contributed by atoms with Crippen molar-refractivity contribution in [3.63, 3.8) is 0 Å². The average molecular weight is 549 g/mol. The first-order chi connectivity index (χ1) is 18.2. The third-order valence-corrected chi connectivity index (χ3v) is 9.12. The normalized spacial score (nSPS) is 29.0. The maximum Gasteiger partial charge on any atom is 0.258 e. The second-order valence-corrected chi connectivity index (χ2v) is 11.7. The largest absolute Gasteiger partial charge is 0.484 e. The van der Waals surface area contributed by atoms with Gasteiger partial charge < -0.3 is 15.4 Å². The molecule has 3 fully saturated rings. The molecule has 0 aromatic heterocycles. The Balaban J connectivity index is 1.28. The highest BCUT2D eigenvalue weighted by Gasteiger charge is 2.49. The van der Waals surface area contributed by atoms with E-state index in [2.05, 4.69) is 36.7 Å². The summed E-state index contributed by atoms with van der Waals surface area (Å²) in [4.78, 5) is 30.9. The molecule has 7 nitrogen and oxygen atoms in total. The Labute approximate surface area is 230 Å². The van der Waals surface area contributed by atoms with Gasteiger partial charge in [-0.2, -0.15) is 0 Å². The van der Waals surface area contributed by atoms with Gasteiger partial charge in [0.2, 0.25) is 5.91 Å². The first-order valence-corrected chi connectivity index (χ1v) is 14.6. The van der Waals surface area contributed by atoms with Crippen LogP contribution in [-0.2, 0) is 9.59 Å². The zero-order valence-electron chi connectivity index (χ0n) is 22.8. The number of nitrogens with one attached hydrogen (secondary N) is 3. The van der Waals surface area contributed by atoms with Crippen molar-refractivity contribution in [1.29, 1.82) is 0 Å². The van der Waals surface area contributed by atoms with Crippen molar-refractivity contribution in [1.82, 2.24) is 16.0 Å². The first kappa shape index (κ1) is 28.8. The van der Waals surface area contributed by atoms with E-state index in [0.29, 0.717) is 30.7 Å². The van der Waals surface area contributed by atoms with Crippen molar-refractivity contribution in [3.8, 4) is 5.75 Å². The first-order valence-electron chi connectivity index (χ1n) is 14.2. The molecule has 3 saturated carbocycles. The third-order valence-electron chi connectivity index (χ3n) is 8.82. The maximum absolute atomic E-state index is 13.6. The number of carbonyl (C=O) groups is 2. The van der Waals surface area contributed by atoms with Crippen molar-refractivity contribution in [2.75, 3.05) is 19.7 Å². The summed E-state index contributed by atoms with van der Waals surface area (Å²) in [6, 6.07) is 4.03. The molecule has 0 spiro atoms. The Bertz CT molecular complexity index is 1030. The number of amides is 2. The second-order valence-electron chi connectivity index (χ2n) is 11.3. The Morgan fingerprint density at radius 1 is 1.26 bits per heavy atom. The molecule has 3 aliphatic carbocycles. The molecule has 2 bridgehead atoms. The smallest absolute Gasteiger partial charge is 0.258 e. The van der Waals surface area contributed by atoms with Crippen LogP contribution in [0.15, 0.2) is 23.2 Å². The molecule has 38 heavy (non-hydrogen) atoms. The van der Waals surface area contributed by atoms with Crippen molar-refractivity contribution < 1.29 is 18.7 Å². The molecule has 210 valence electrons. The van der Waals surface area contributed by atoms with E-state index in [-0.39, 0.29) is 46.8 Å². The summed E-state index contributed by atoms with van der Waals surface area (Å²) in [7, 11) is 0. The van der Waals surface area contributed by atoms with Crippen LogP contribution in [0.1, 0.15) is 72.1 Å². The van der Waals surface area contributed by atoms with Crippen LogP contribution in [0.25, 0.3) is 0 Å². The van der Waals surface area contributed by atoms with Gasteiger partial charge in [-0.3, -0.25) is 19.9 Å². The van der Waals surface area contributed by atoms with Crippen molar-refractivity contribution in [2.45, 2.75) is 83.8 Å². The average Bonchev–Trinajstić information content (AvgIpc) is 2.90. The number of unbranched alkanes of at least 4 members (excludes halogenated alkanes) is 1.